The van der Waals surface area contributed by atoms with Crippen LogP contribution in [-0.4, -0.2) is 48.6 Å². The molecule has 0 aliphatic rings. The lowest BCUT2D eigenvalue weighted by Gasteiger charge is -2.18. The van der Waals surface area contributed by atoms with E-state index in [1.807, 2.05) is 6.92 Å². The maximum Gasteiger partial charge on any atom is 0.253 e. The smallest absolute Gasteiger partial charge is 0.253 e. The van der Waals surface area contributed by atoms with E-state index in [0.29, 0.717) is 11.1 Å². The molecular formula is C16H20N2O3. The van der Waals surface area contributed by atoms with E-state index < -0.39 is 6.04 Å². The number of nitrogens with zero attached hydrogens (tertiary/aromatic N) is 1. The van der Waals surface area contributed by atoms with Crippen molar-refractivity contribution >= 4 is 11.8 Å². The molecule has 0 aliphatic carbocycles. The Labute approximate surface area is 125 Å². The minimum absolute atomic E-state index is 0.182. The van der Waals surface area contributed by atoms with Crippen LogP contribution in [0.5, 0.6) is 0 Å². The molecule has 0 heterocycles. The number of amides is 2. The number of hydrogen-bond acceptors (Lipinski definition) is 3. The van der Waals surface area contributed by atoms with Crippen LogP contribution >= 0.6 is 0 Å². The van der Waals surface area contributed by atoms with Crippen LogP contribution in [0.2, 0.25) is 0 Å². The average Bonchev–Trinajstić information content (AvgIpc) is 2.43. The van der Waals surface area contributed by atoms with Gasteiger partial charge in [-0.25, -0.2) is 0 Å². The van der Waals surface area contributed by atoms with Crippen molar-refractivity contribution in [2.75, 3.05) is 20.7 Å². The van der Waals surface area contributed by atoms with Gasteiger partial charge >= 0.3 is 0 Å². The molecule has 5 heteroatoms. The highest BCUT2D eigenvalue weighted by molar-refractivity contribution is 5.99. The van der Waals surface area contributed by atoms with Crippen molar-refractivity contribution in [1.29, 1.82) is 0 Å². The molecule has 1 rings (SSSR count). The maximum absolute atomic E-state index is 12.3. The minimum Gasteiger partial charge on any atom is -0.384 e. The van der Waals surface area contributed by atoms with Gasteiger partial charge in [0.25, 0.3) is 5.91 Å². The van der Waals surface area contributed by atoms with Crippen molar-refractivity contribution in [3.63, 3.8) is 0 Å². The molecule has 112 valence electrons. The fourth-order valence-corrected chi connectivity index (χ4v) is 1.82. The number of benzene rings is 1. The predicted octanol–water partition coefficient (Wildman–Crippen LogP) is 0.545. The first-order chi connectivity index (χ1) is 9.86. The first-order valence-corrected chi connectivity index (χ1v) is 6.59. The number of hydrogen-bond donors (Lipinski definition) is 2. The zero-order chi connectivity index (χ0) is 16.0. The molecule has 0 spiro atoms. The Morgan fingerprint density at radius 2 is 2.05 bits per heavy atom. The molecule has 1 aromatic carbocycles. The van der Waals surface area contributed by atoms with Crippen LogP contribution in [0.15, 0.2) is 18.2 Å². The summed E-state index contributed by atoms with van der Waals surface area (Å²) in [6.07, 6.45) is 0. The molecule has 0 radical (unpaired) electrons. The molecule has 0 aliphatic heterocycles. The van der Waals surface area contributed by atoms with Gasteiger partial charge in [-0.05, 0) is 31.5 Å². The molecule has 0 saturated heterocycles. The molecule has 1 aromatic rings. The van der Waals surface area contributed by atoms with Crippen LogP contribution in [0.1, 0.15) is 28.4 Å². The molecule has 5 nitrogen and oxygen atoms in total. The number of carbonyl (C=O) groups excluding carboxylic acids is 2. The zero-order valence-electron chi connectivity index (χ0n) is 12.7. The second-order valence-electron chi connectivity index (χ2n) is 4.94. The maximum atomic E-state index is 12.3. The summed E-state index contributed by atoms with van der Waals surface area (Å²) in [5.74, 6) is 4.74. The van der Waals surface area contributed by atoms with Crippen LogP contribution in [-0.2, 0) is 4.79 Å². The predicted molar refractivity (Wildman–Crippen MR) is 80.8 cm³/mol. The second kappa shape index (κ2) is 7.46. The van der Waals surface area contributed by atoms with Gasteiger partial charge in [0, 0.05) is 19.7 Å². The average molecular weight is 288 g/mol. The molecule has 0 fully saturated rings. The summed E-state index contributed by atoms with van der Waals surface area (Å²) in [6.45, 7) is 3.25. The number of likely N-dealkylation sites (N-methyl/N-ethyl adjacent to an activating group) is 1. The Balaban J connectivity index is 3.00. The third kappa shape index (κ3) is 4.62. The molecule has 0 saturated carbocycles. The molecular weight excluding hydrogens is 268 g/mol. The number of nitrogens with one attached hydrogen (secondary N) is 1. The summed E-state index contributed by atoms with van der Waals surface area (Å²) in [7, 11) is 3.27. The molecule has 21 heavy (non-hydrogen) atoms. The van der Waals surface area contributed by atoms with Crippen molar-refractivity contribution in [3.8, 4) is 11.8 Å². The first kappa shape index (κ1) is 16.7. The SMILES string of the molecule is Cc1ccc(C(=O)NC(C)C(=O)N(C)C)c(C#CCO)c1. The number of carbonyl (C=O) groups is 2. The summed E-state index contributed by atoms with van der Waals surface area (Å²) in [4.78, 5) is 25.5. The van der Waals surface area contributed by atoms with Gasteiger partial charge < -0.3 is 15.3 Å². The first-order valence-electron chi connectivity index (χ1n) is 6.59. The zero-order valence-corrected chi connectivity index (χ0v) is 12.7. The lowest BCUT2D eigenvalue weighted by atomic mass is 10.0. The third-order valence-corrected chi connectivity index (χ3v) is 2.88. The topological polar surface area (TPSA) is 69.6 Å². The molecule has 2 N–H and O–H groups in total. The van der Waals surface area contributed by atoms with E-state index in [2.05, 4.69) is 17.2 Å². The normalized spacial score (nSPS) is 11.1. The highest BCUT2D eigenvalue weighted by Crippen LogP contribution is 2.11. The van der Waals surface area contributed by atoms with Crippen molar-refractivity contribution in [1.82, 2.24) is 10.2 Å². The fourth-order valence-electron chi connectivity index (χ4n) is 1.82. The van der Waals surface area contributed by atoms with Gasteiger partial charge in [-0.1, -0.05) is 17.9 Å². The van der Waals surface area contributed by atoms with Crippen LogP contribution in [0.3, 0.4) is 0 Å². The van der Waals surface area contributed by atoms with Gasteiger partial charge in [0.1, 0.15) is 12.6 Å². The highest BCUT2D eigenvalue weighted by Gasteiger charge is 2.19. The van der Waals surface area contributed by atoms with Gasteiger partial charge in [0.2, 0.25) is 5.91 Å². The third-order valence-electron chi connectivity index (χ3n) is 2.88. The second-order valence-corrected chi connectivity index (χ2v) is 4.94. The quantitative estimate of drug-likeness (QED) is 0.798. The van der Waals surface area contributed by atoms with Gasteiger partial charge in [-0.15, -0.1) is 0 Å². The van der Waals surface area contributed by atoms with Crippen LogP contribution in [0.25, 0.3) is 0 Å². The summed E-state index contributed by atoms with van der Waals surface area (Å²) in [5.41, 5.74) is 1.89. The summed E-state index contributed by atoms with van der Waals surface area (Å²) >= 11 is 0. The minimum atomic E-state index is -0.618. The molecule has 0 bridgehead atoms. The van der Waals surface area contributed by atoms with Gasteiger partial charge in [0.05, 0.1) is 5.56 Å². The lowest BCUT2D eigenvalue weighted by molar-refractivity contribution is -0.130. The van der Waals surface area contributed by atoms with Crippen molar-refractivity contribution in [3.05, 3.63) is 34.9 Å². The Morgan fingerprint density at radius 3 is 2.62 bits per heavy atom. The number of aryl methyl sites for hydroxylation is 1. The number of rotatable bonds is 3. The largest absolute Gasteiger partial charge is 0.384 e. The van der Waals surface area contributed by atoms with E-state index in [1.54, 1.807) is 39.2 Å². The van der Waals surface area contributed by atoms with E-state index >= 15 is 0 Å². The highest BCUT2D eigenvalue weighted by atomic mass is 16.2. The summed E-state index contributed by atoms with van der Waals surface area (Å²) < 4.78 is 0. The monoisotopic (exact) mass is 288 g/mol. The molecule has 1 unspecified atom stereocenters. The van der Waals surface area contributed by atoms with E-state index in [9.17, 15) is 9.59 Å². The molecule has 2 amide bonds. The fraction of sp³-hybridized carbons (Fsp3) is 0.375. The van der Waals surface area contributed by atoms with Crippen molar-refractivity contribution in [2.45, 2.75) is 19.9 Å². The molecule has 1 atom stereocenters. The van der Waals surface area contributed by atoms with Crippen LogP contribution in [0.4, 0.5) is 0 Å². The summed E-state index contributed by atoms with van der Waals surface area (Å²) in [5, 5.41) is 11.4. The van der Waals surface area contributed by atoms with Crippen LogP contribution < -0.4 is 5.32 Å². The Kier molecular flexibility index (Phi) is 5.94. The molecule has 0 aromatic heterocycles. The Morgan fingerprint density at radius 1 is 1.38 bits per heavy atom. The van der Waals surface area contributed by atoms with Gasteiger partial charge in [0.15, 0.2) is 0 Å². The lowest BCUT2D eigenvalue weighted by Crippen LogP contribution is -2.44. The van der Waals surface area contributed by atoms with Crippen molar-refractivity contribution < 1.29 is 14.7 Å². The Bertz CT molecular complexity index is 597. The van der Waals surface area contributed by atoms with E-state index in [1.165, 1.54) is 4.90 Å². The van der Waals surface area contributed by atoms with Gasteiger partial charge in [-0.3, -0.25) is 9.59 Å². The van der Waals surface area contributed by atoms with E-state index in [-0.39, 0.29) is 18.4 Å². The Hall–Kier alpha value is -2.32. The van der Waals surface area contributed by atoms with Gasteiger partial charge in [-0.2, -0.15) is 0 Å². The van der Waals surface area contributed by atoms with E-state index in [0.717, 1.165) is 5.56 Å². The summed E-state index contributed by atoms with van der Waals surface area (Å²) in [6, 6.07) is 4.62. The van der Waals surface area contributed by atoms with E-state index in [4.69, 9.17) is 5.11 Å². The number of aliphatic hydroxyl groups is 1. The van der Waals surface area contributed by atoms with Crippen LogP contribution in [0, 0.1) is 18.8 Å². The van der Waals surface area contributed by atoms with Crippen molar-refractivity contribution in [2.24, 2.45) is 0 Å². The standard InChI is InChI=1S/C16H20N2O3/c1-11-7-8-14(13(10-11)6-5-9-19)15(20)17-12(2)16(21)18(3)4/h7-8,10,12,19H,9H2,1-4H3,(H,17,20). The number of aliphatic hydroxyl groups excluding tert-OH is 1.